The molecule has 0 radical (unpaired) electrons. The third-order valence-corrected chi connectivity index (χ3v) is 2.50. The van der Waals surface area contributed by atoms with Crippen LogP contribution in [0.3, 0.4) is 0 Å². The summed E-state index contributed by atoms with van der Waals surface area (Å²) in [5.41, 5.74) is 2.58. The number of nitrogens with one attached hydrogen (secondary N) is 1. The van der Waals surface area contributed by atoms with E-state index in [4.69, 9.17) is 0 Å². The van der Waals surface area contributed by atoms with Crippen molar-refractivity contribution in [2.24, 2.45) is 0 Å². The highest BCUT2D eigenvalue weighted by Crippen LogP contribution is 2.18. The first-order chi connectivity index (χ1) is 8.66. The Bertz CT molecular complexity index is 559. The van der Waals surface area contributed by atoms with Crippen LogP contribution in [0, 0.1) is 0 Å². The Morgan fingerprint density at radius 2 is 1.83 bits per heavy atom. The largest absolute Gasteiger partial charge is 0.307 e. The molecule has 0 saturated heterocycles. The second-order valence-electron chi connectivity index (χ2n) is 4.03. The number of carbonyl (C=O) groups is 1. The SMILES string of the molecule is C=C(C)C(=O)Nc1ccc(-c2ccccc2)cn1. The number of amides is 1. The van der Waals surface area contributed by atoms with E-state index in [-0.39, 0.29) is 5.91 Å². The fourth-order valence-electron chi connectivity index (χ4n) is 1.49. The van der Waals surface area contributed by atoms with E-state index in [0.29, 0.717) is 11.4 Å². The fourth-order valence-corrected chi connectivity index (χ4v) is 1.49. The van der Waals surface area contributed by atoms with E-state index in [9.17, 15) is 4.79 Å². The normalized spacial score (nSPS) is 9.83. The maximum absolute atomic E-state index is 11.4. The maximum Gasteiger partial charge on any atom is 0.251 e. The van der Waals surface area contributed by atoms with E-state index in [1.54, 1.807) is 19.2 Å². The van der Waals surface area contributed by atoms with Crippen molar-refractivity contribution in [1.29, 1.82) is 0 Å². The maximum atomic E-state index is 11.4. The Labute approximate surface area is 106 Å². The summed E-state index contributed by atoms with van der Waals surface area (Å²) in [6.07, 6.45) is 1.74. The van der Waals surface area contributed by atoms with Gasteiger partial charge in [-0.15, -0.1) is 0 Å². The van der Waals surface area contributed by atoms with Gasteiger partial charge in [0, 0.05) is 17.3 Å². The van der Waals surface area contributed by atoms with Crippen molar-refractivity contribution >= 4 is 11.7 Å². The molecule has 2 rings (SSSR count). The molecule has 0 unspecified atom stereocenters. The Hall–Kier alpha value is -2.42. The van der Waals surface area contributed by atoms with Crippen LogP contribution in [0.1, 0.15) is 6.92 Å². The van der Waals surface area contributed by atoms with Gasteiger partial charge in [-0.25, -0.2) is 4.98 Å². The highest BCUT2D eigenvalue weighted by molar-refractivity contribution is 6.02. The van der Waals surface area contributed by atoms with Crippen molar-refractivity contribution in [3.8, 4) is 11.1 Å². The molecule has 1 N–H and O–H groups in total. The van der Waals surface area contributed by atoms with Crippen LogP contribution in [0.25, 0.3) is 11.1 Å². The van der Waals surface area contributed by atoms with Gasteiger partial charge < -0.3 is 5.32 Å². The van der Waals surface area contributed by atoms with E-state index < -0.39 is 0 Å². The lowest BCUT2D eigenvalue weighted by molar-refractivity contribution is -0.112. The van der Waals surface area contributed by atoms with E-state index in [1.165, 1.54) is 0 Å². The molecule has 2 aromatic rings. The van der Waals surface area contributed by atoms with Crippen LogP contribution in [0.4, 0.5) is 5.82 Å². The Kier molecular flexibility index (Phi) is 3.53. The molecule has 0 bridgehead atoms. The number of hydrogen-bond donors (Lipinski definition) is 1. The minimum atomic E-state index is -0.213. The van der Waals surface area contributed by atoms with E-state index in [0.717, 1.165) is 11.1 Å². The quantitative estimate of drug-likeness (QED) is 0.834. The summed E-state index contributed by atoms with van der Waals surface area (Å²) in [7, 11) is 0. The zero-order valence-corrected chi connectivity index (χ0v) is 10.2. The zero-order chi connectivity index (χ0) is 13.0. The Balaban J connectivity index is 2.16. The van der Waals surface area contributed by atoms with Gasteiger partial charge in [-0.3, -0.25) is 4.79 Å². The molecule has 3 heteroatoms. The summed E-state index contributed by atoms with van der Waals surface area (Å²) in [5, 5.41) is 2.67. The highest BCUT2D eigenvalue weighted by Gasteiger charge is 2.03. The van der Waals surface area contributed by atoms with E-state index in [2.05, 4.69) is 16.9 Å². The first-order valence-corrected chi connectivity index (χ1v) is 5.65. The van der Waals surface area contributed by atoms with Crippen LogP contribution in [0.15, 0.2) is 60.8 Å². The first-order valence-electron chi connectivity index (χ1n) is 5.65. The summed E-state index contributed by atoms with van der Waals surface area (Å²) in [6.45, 7) is 5.24. The number of carbonyl (C=O) groups excluding carboxylic acids is 1. The molecule has 18 heavy (non-hydrogen) atoms. The Morgan fingerprint density at radius 1 is 1.11 bits per heavy atom. The molecule has 0 aliphatic carbocycles. The van der Waals surface area contributed by atoms with E-state index in [1.807, 2.05) is 36.4 Å². The molecule has 1 amide bonds. The van der Waals surface area contributed by atoms with Gasteiger partial charge in [-0.1, -0.05) is 36.9 Å². The molecule has 0 saturated carbocycles. The second-order valence-corrected chi connectivity index (χ2v) is 4.03. The number of rotatable bonds is 3. The average molecular weight is 238 g/mol. The second kappa shape index (κ2) is 5.27. The number of aromatic nitrogens is 1. The molecule has 3 nitrogen and oxygen atoms in total. The minimum Gasteiger partial charge on any atom is -0.307 e. The third-order valence-electron chi connectivity index (χ3n) is 2.50. The van der Waals surface area contributed by atoms with Crippen molar-refractivity contribution in [3.05, 3.63) is 60.8 Å². The lowest BCUT2D eigenvalue weighted by atomic mass is 10.1. The average Bonchev–Trinajstić information content (AvgIpc) is 2.40. The number of benzene rings is 1. The standard InChI is InChI=1S/C15H14N2O/c1-11(2)15(18)17-14-9-8-13(10-16-14)12-6-4-3-5-7-12/h3-10H,1H2,2H3,(H,16,17,18). The van der Waals surface area contributed by atoms with Crippen LogP contribution in [-0.4, -0.2) is 10.9 Å². The summed E-state index contributed by atoms with van der Waals surface area (Å²) in [5.74, 6) is 0.317. The number of nitrogens with zero attached hydrogens (tertiary/aromatic N) is 1. The van der Waals surface area contributed by atoms with Crippen molar-refractivity contribution in [2.75, 3.05) is 5.32 Å². The van der Waals surface area contributed by atoms with Gasteiger partial charge in [0.25, 0.3) is 5.91 Å². The monoisotopic (exact) mass is 238 g/mol. The van der Waals surface area contributed by atoms with E-state index >= 15 is 0 Å². The molecule has 0 aliphatic rings. The summed E-state index contributed by atoms with van der Waals surface area (Å²) >= 11 is 0. The lowest BCUT2D eigenvalue weighted by Gasteiger charge is -2.05. The van der Waals surface area contributed by atoms with Crippen LogP contribution < -0.4 is 5.32 Å². The minimum absolute atomic E-state index is 0.213. The van der Waals surface area contributed by atoms with Crippen LogP contribution in [0.5, 0.6) is 0 Å². The first kappa shape index (κ1) is 12.0. The highest BCUT2D eigenvalue weighted by atomic mass is 16.1. The zero-order valence-electron chi connectivity index (χ0n) is 10.2. The number of pyridine rings is 1. The topological polar surface area (TPSA) is 42.0 Å². The molecule has 0 fully saturated rings. The summed E-state index contributed by atoms with van der Waals surface area (Å²) in [4.78, 5) is 15.6. The molecule has 90 valence electrons. The lowest BCUT2D eigenvalue weighted by Crippen LogP contribution is -2.12. The molecule has 1 heterocycles. The summed E-state index contributed by atoms with van der Waals surface area (Å²) in [6, 6.07) is 13.7. The molecule has 0 atom stereocenters. The molecule has 0 spiro atoms. The fraction of sp³-hybridized carbons (Fsp3) is 0.0667. The molecule has 1 aromatic heterocycles. The van der Waals surface area contributed by atoms with Gasteiger partial charge in [0.05, 0.1) is 0 Å². The van der Waals surface area contributed by atoms with Gasteiger partial charge in [-0.2, -0.15) is 0 Å². The number of hydrogen-bond acceptors (Lipinski definition) is 2. The predicted molar refractivity (Wildman–Crippen MR) is 73.1 cm³/mol. The van der Waals surface area contributed by atoms with Crippen molar-refractivity contribution < 1.29 is 4.79 Å². The van der Waals surface area contributed by atoms with Gasteiger partial charge in [0.15, 0.2) is 0 Å². The smallest absolute Gasteiger partial charge is 0.251 e. The van der Waals surface area contributed by atoms with Crippen molar-refractivity contribution in [2.45, 2.75) is 6.92 Å². The van der Waals surface area contributed by atoms with Crippen LogP contribution in [-0.2, 0) is 4.79 Å². The van der Waals surface area contributed by atoms with Gasteiger partial charge in [0.1, 0.15) is 5.82 Å². The van der Waals surface area contributed by atoms with Crippen LogP contribution in [0.2, 0.25) is 0 Å². The van der Waals surface area contributed by atoms with Crippen LogP contribution >= 0.6 is 0 Å². The van der Waals surface area contributed by atoms with Gasteiger partial charge in [0.2, 0.25) is 0 Å². The van der Waals surface area contributed by atoms with Crippen molar-refractivity contribution in [1.82, 2.24) is 4.98 Å². The van der Waals surface area contributed by atoms with Gasteiger partial charge >= 0.3 is 0 Å². The summed E-state index contributed by atoms with van der Waals surface area (Å²) < 4.78 is 0. The third kappa shape index (κ3) is 2.83. The molecular weight excluding hydrogens is 224 g/mol. The molecular formula is C15H14N2O. The van der Waals surface area contributed by atoms with Crippen molar-refractivity contribution in [3.63, 3.8) is 0 Å². The number of anilines is 1. The predicted octanol–water partition coefficient (Wildman–Crippen LogP) is 3.26. The molecule has 0 aliphatic heterocycles. The Morgan fingerprint density at radius 3 is 2.39 bits per heavy atom. The van der Waals surface area contributed by atoms with Gasteiger partial charge in [-0.05, 0) is 24.6 Å². The molecule has 1 aromatic carbocycles.